The number of benzene rings is 1. The Balaban J connectivity index is 2.05. The number of aryl methyl sites for hydroxylation is 1. The number of hydrogen-bond donors (Lipinski definition) is 2. The van der Waals surface area contributed by atoms with Gasteiger partial charge in [-0.25, -0.2) is 0 Å². The van der Waals surface area contributed by atoms with Crippen LogP contribution in [-0.2, 0) is 0 Å². The van der Waals surface area contributed by atoms with Crippen LogP contribution in [0.15, 0.2) is 18.2 Å². The van der Waals surface area contributed by atoms with Crippen molar-refractivity contribution in [1.29, 1.82) is 5.26 Å². The highest BCUT2D eigenvalue weighted by molar-refractivity contribution is 5.52. The van der Waals surface area contributed by atoms with Gasteiger partial charge in [-0.05, 0) is 49.4 Å². The molecule has 102 valence electrons. The summed E-state index contributed by atoms with van der Waals surface area (Å²) >= 11 is 0. The third kappa shape index (κ3) is 3.48. The van der Waals surface area contributed by atoms with E-state index in [1.165, 1.54) is 32.1 Å². The van der Waals surface area contributed by atoms with Gasteiger partial charge < -0.3 is 11.1 Å². The second kappa shape index (κ2) is 6.58. The molecule has 0 amide bonds. The van der Waals surface area contributed by atoms with E-state index in [1.54, 1.807) is 0 Å². The summed E-state index contributed by atoms with van der Waals surface area (Å²) in [6, 6.07) is 8.46. The maximum atomic E-state index is 8.95. The van der Waals surface area contributed by atoms with Crippen molar-refractivity contribution in [2.24, 2.45) is 11.7 Å². The van der Waals surface area contributed by atoms with Crippen molar-refractivity contribution < 1.29 is 0 Å². The fourth-order valence-corrected chi connectivity index (χ4v) is 3.00. The number of anilines is 1. The minimum atomic E-state index is 0.354. The summed E-state index contributed by atoms with van der Waals surface area (Å²) < 4.78 is 0. The summed E-state index contributed by atoms with van der Waals surface area (Å²) in [5.41, 5.74) is 8.78. The third-order valence-electron chi connectivity index (χ3n) is 4.17. The van der Waals surface area contributed by atoms with Gasteiger partial charge >= 0.3 is 0 Å². The molecule has 2 rings (SSSR count). The van der Waals surface area contributed by atoms with Crippen molar-refractivity contribution in [2.75, 3.05) is 11.9 Å². The summed E-state index contributed by atoms with van der Waals surface area (Å²) in [6.07, 6.45) is 6.59. The van der Waals surface area contributed by atoms with Crippen LogP contribution in [0.3, 0.4) is 0 Å². The largest absolute Gasteiger partial charge is 0.381 e. The zero-order chi connectivity index (χ0) is 13.7. The van der Waals surface area contributed by atoms with Gasteiger partial charge in [0.15, 0.2) is 0 Å². The summed E-state index contributed by atoms with van der Waals surface area (Å²) in [5, 5.41) is 12.5. The van der Waals surface area contributed by atoms with E-state index in [-0.39, 0.29) is 0 Å². The van der Waals surface area contributed by atoms with Gasteiger partial charge in [-0.3, -0.25) is 0 Å². The van der Waals surface area contributed by atoms with Gasteiger partial charge in [0.25, 0.3) is 0 Å². The Labute approximate surface area is 115 Å². The molecule has 0 aromatic heterocycles. The van der Waals surface area contributed by atoms with Crippen molar-refractivity contribution in [3.63, 3.8) is 0 Å². The van der Waals surface area contributed by atoms with Gasteiger partial charge in [0, 0.05) is 18.3 Å². The van der Waals surface area contributed by atoms with Gasteiger partial charge in [-0.15, -0.1) is 0 Å². The van der Waals surface area contributed by atoms with Crippen molar-refractivity contribution in [3.05, 3.63) is 29.3 Å². The normalized spacial score (nSPS) is 17.7. The molecule has 1 atom stereocenters. The lowest BCUT2D eigenvalue weighted by Crippen LogP contribution is -2.37. The molecular weight excluding hydrogens is 234 g/mol. The van der Waals surface area contributed by atoms with E-state index >= 15 is 0 Å². The maximum Gasteiger partial charge on any atom is 0.0994 e. The lowest BCUT2D eigenvalue weighted by Gasteiger charge is -2.31. The van der Waals surface area contributed by atoms with Crippen molar-refractivity contribution in [1.82, 2.24) is 0 Å². The van der Waals surface area contributed by atoms with Crippen LogP contribution in [0.2, 0.25) is 0 Å². The molecule has 0 bridgehead atoms. The minimum absolute atomic E-state index is 0.354. The monoisotopic (exact) mass is 257 g/mol. The van der Waals surface area contributed by atoms with Crippen LogP contribution in [0.4, 0.5) is 5.69 Å². The molecule has 3 heteroatoms. The zero-order valence-electron chi connectivity index (χ0n) is 11.7. The van der Waals surface area contributed by atoms with Crippen LogP contribution in [0, 0.1) is 24.2 Å². The molecular formula is C16H23N3. The summed E-state index contributed by atoms with van der Waals surface area (Å²) in [4.78, 5) is 0. The lowest BCUT2D eigenvalue weighted by atomic mass is 9.84. The average molecular weight is 257 g/mol. The molecule has 0 spiro atoms. The van der Waals surface area contributed by atoms with Crippen LogP contribution in [0.1, 0.15) is 43.2 Å². The van der Waals surface area contributed by atoms with Gasteiger partial charge in [0.1, 0.15) is 0 Å². The Hall–Kier alpha value is -1.53. The molecule has 0 aliphatic heterocycles. The van der Waals surface area contributed by atoms with Crippen LogP contribution < -0.4 is 11.1 Å². The van der Waals surface area contributed by atoms with Crippen LogP contribution in [-0.4, -0.2) is 12.6 Å². The highest BCUT2D eigenvalue weighted by Gasteiger charge is 2.22. The predicted octanol–water partition coefficient (Wildman–Crippen LogP) is 3.19. The van der Waals surface area contributed by atoms with Gasteiger partial charge in [-0.2, -0.15) is 5.26 Å². The molecule has 0 heterocycles. The SMILES string of the molecule is Cc1cc(NC(CN)C2CCCCC2)ccc1C#N. The first-order chi connectivity index (χ1) is 9.24. The Kier molecular flexibility index (Phi) is 4.81. The summed E-state index contributed by atoms with van der Waals surface area (Å²) in [6.45, 7) is 2.64. The van der Waals surface area contributed by atoms with Gasteiger partial charge in [0.2, 0.25) is 0 Å². The number of hydrogen-bond acceptors (Lipinski definition) is 3. The smallest absolute Gasteiger partial charge is 0.0994 e. The maximum absolute atomic E-state index is 8.95. The van der Waals surface area contributed by atoms with Crippen molar-refractivity contribution in [2.45, 2.75) is 45.1 Å². The molecule has 1 unspecified atom stereocenters. The van der Waals surface area contributed by atoms with Crippen molar-refractivity contribution >= 4 is 5.69 Å². The standard InChI is InChI=1S/C16H23N3/c1-12-9-15(8-7-14(12)10-17)19-16(11-18)13-5-3-2-4-6-13/h7-9,13,16,19H,2-6,11,18H2,1H3. The summed E-state index contributed by atoms with van der Waals surface area (Å²) in [5.74, 6) is 0.690. The molecule has 1 saturated carbocycles. The quantitative estimate of drug-likeness (QED) is 0.870. The topological polar surface area (TPSA) is 61.8 Å². The molecule has 1 fully saturated rings. The van der Waals surface area contributed by atoms with E-state index in [2.05, 4.69) is 11.4 Å². The molecule has 3 N–H and O–H groups in total. The minimum Gasteiger partial charge on any atom is -0.381 e. The average Bonchev–Trinajstić information content (AvgIpc) is 2.46. The number of nitriles is 1. The van der Waals surface area contributed by atoms with E-state index in [9.17, 15) is 0 Å². The highest BCUT2D eigenvalue weighted by atomic mass is 14.9. The highest BCUT2D eigenvalue weighted by Crippen LogP contribution is 2.28. The van der Waals surface area contributed by atoms with E-state index in [4.69, 9.17) is 11.0 Å². The molecule has 0 saturated heterocycles. The van der Waals surface area contributed by atoms with E-state index in [0.29, 0.717) is 18.5 Å². The first-order valence-corrected chi connectivity index (χ1v) is 7.22. The third-order valence-corrected chi connectivity index (χ3v) is 4.17. The summed E-state index contributed by atoms with van der Waals surface area (Å²) in [7, 11) is 0. The lowest BCUT2D eigenvalue weighted by molar-refractivity contribution is 0.320. The Morgan fingerprint density at radius 3 is 2.68 bits per heavy atom. The molecule has 19 heavy (non-hydrogen) atoms. The number of rotatable bonds is 4. The van der Waals surface area contributed by atoms with Crippen LogP contribution in [0.5, 0.6) is 0 Å². The van der Waals surface area contributed by atoms with E-state index in [1.807, 2.05) is 25.1 Å². The van der Waals surface area contributed by atoms with Gasteiger partial charge in [-0.1, -0.05) is 19.3 Å². The second-order valence-electron chi connectivity index (χ2n) is 5.53. The predicted molar refractivity (Wildman–Crippen MR) is 78.9 cm³/mol. The molecule has 1 aromatic rings. The van der Waals surface area contributed by atoms with Crippen molar-refractivity contribution in [3.8, 4) is 6.07 Å². The number of nitrogens with two attached hydrogens (primary N) is 1. The molecule has 1 aliphatic carbocycles. The second-order valence-corrected chi connectivity index (χ2v) is 5.53. The number of nitrogens with one attached hydrogen (secondary N) is 1. The van der Waals surface area contributed by atoms with E-state index < -0.39 is 0 Å². The fraction of sp³-hybridized carbons (Fsp3) is 0.562. The van der Waals surface area contributed by atoms with Crippen LogP contribution in [0.25, 0.3) is 0 Å². The Bertz CT molecular complexity index is 456. The van der Waals surface area contributed by atoms with E-state index in [0.717, 1.165) is 16.8 Å². The van der Waals surface area contributed by atoms with Gasteiger partial charge in [0.05, 0.1) is 11.6 Å². The molecule has 1 aromatic carbocycles. The fourth-order valence-electron chi connectivity index (χ4n) is 3.00. The molecule has 1 aliphatic rings. The Morgan fingerprint density at radius 1 is 1.37 bits per heavy atom. The first-order valence-electron chi connectivity index (χ1n) is 7.22. The van der Waals surface area contributed by atoms with Crippen LogP contribution >= 0.6 is 0 Å². The number of nitrogens with zero attached hydrogens (tertiary/aromatic N) is 1. The first kappa shape index (κ1) is 13.9. The Morgan fingerprint density at radius 2 is 2.11 bits per heavy atom. The zero-order valence-corrected chi connectivity index (χ0v) is 11.7. The molecule has 3 nitrogen and oxygen atoms in total. The molecule has 0 radical (unpaired) electrons.